The summed E-state index contributed by atoms with van der Waals surface area (Å²) in [7, 11) is 3.27. The SMILES string of the molecule is CCOC(=O)c1c(C2CC2)nc2ccc(F)c(F)c2c1N(C)c1ccc(OC)cc1. The van der Waals surface area contributed by atoms with Gasteiger partial charge in [-0.05, 0) is 56.2 Å². The van der Waals surface area contributed by atoms with Crippen LogP contribution in [0.1, 0.15) is 41.7 Å². The Morgan fingerprint density at radius 1 is 1.17 bits per heavy atom. The Kier molecular flexibility index (Phi) is 5.28. The Labute approximate surface area is 173 Å². The number of fused-ring (bicyclic) bond motifs is 1. The average Bonchev–Trinajstić information content (AvgIpc) is 3.60. The van der Waals surface area contributed by atoms with Gasteiger partial charge in [-0.3, -0.25) is 4.98 Å². The Bertz CT molecular complexity index is 1110. The summed E-state index contributed by atoms with van der Waals surface area (Å²) in [6, 6.07) is 9.60. The van der Waals surface area contributed by atoms with Crippen molar-refractivity contribution in [3.8, 4) is 5.75 Å². The van der Waals surface area contributed by atoms with E-state index in [-0.39, 0.29) is 29.2 Å². The molecule has 7 heteroatoms. The van der Waals surface area contributed by atoms with Gasteiger partial charge in [0, 0.05) is 18.7 Å². The number of carbonyl (C=O) groups excluding carboxylic acids is 1. The van der Waals surface area contributed by atoms with Crippen LogP contribution in [-0.4, -0.2) is 31.7 Å². The van der Waals surface area contributed by atoms with Crippen molar-refractivity contribution in [1.82, 2.24) is 4.98 Å². The average molecular weight is 412 g/mol. The summed E-state index contributed by atoms with van der Waals surface area (Å²) in [5.41, 5.74) is 2.00. The fraction of sp³-hybridized carbons (Fsp3) is 0.304. The van der Waals surface area contributed by atoms with Gasteiger partial charge in [0.15, 0.2) is 11.6 Å². The van der Waals surface area contributed by atoms with Crippen molar-refractivity contribution in [2.24, 2.45) is 0 Å². The normalized spacial score (nSPS) is 13.4. The number of halogens is 2. The van der Waals surface area contributed by atoms with Crippen LogP contribution in [0.5, 0.6) is 5.75 Å². The van der Waals surface area contributed by atoms with Crippen LogP contribution in [0.4, 0.5) is 20.2 Å². The molecule has 156 valence electrons. The van der Waals surface area contributed by atoms with Gasteiger partial charge in [-0.1, -0.05) is 0 Å². The molecule has 0 spiro atoms. The molecule has 1 aliphatic carbocycles. The number of hydrogen-bond donors (Lipinski definition) is 0. The van der Waals surface area contributed by atoms with Gasteiger partial charge in [0.25, 0.3) is 0 Å². The monoisotopic (exact) mass is 412 g/mol. The lowest BCUT2D eigenvalue weighted by atomic mass is 10.0. The van der Waals surface area contributed by atoms with Crippen LogP contribution in [0.2, 0.25) is 0 Å². The van der Waals surface area contributed by atoms with Crippen LogP contribution >= 0.6 is 0 Å². The largest absolute Gasteiger partial charge is 0.497 e. The van der Waals surface area contributed by atoms with Crippen LogP contribution in [0.3, 0.4) is 0 Å². The molecule has 0 unspecified atom stereocenters. The first-order valence-corrected chi connectivity index (χ1v) is 9.82. The molecule has 1 aliphatic rings. The summed E-state index contributed by atoms with van der Waals surface area (Å²) in [5, 5.41) is -0.0410. The molecule has 4 rings (SSSR count). The van der Waals surface area contributed by atoms with Crippen molar-refractivity contribution in [3.63, 3.8) is 0 Å². The minimum absolute atomic E-state index is 0.0410. The number of pyridine rings is 1. The summed E-state index contributed by atoms with van der Waals surface area (Å²) in [6.07, 6.45) is 1.78. The minimum atomic E-state index is -1.04. The highest BCUT2D eigenvalue weighted by Gasteiger charge is 2.35. The molecule has 3 aromatic rings. The van der Waals surface area contributed by atoms with Crippen LogP contribution in [-0.2, 0) is 4.74 Å². The smallest absolute Gasteiger partial charge is 0.342 e. The fourth-order valence-electron chi connectivity index (χ4n) is 3.62. The second-order valence-corrected chi connectivity index (χ2v) is 7.23. The summed E-state index contributed by atoms with van der Waals surface area (Å²) in [4.78, 5) is 19.2. The topological polar surface area (TPSA) is 51.7 Å². The lowest BCUT2D eigenvalue weighted by Gasteiger charge is -2.26. The number of rotatable bonds is 6. The number of anilines is 2. The maximum atomic E-state index is 15.0. The summed E-state index contributed by atoms with van der Waals surface area (Å²) in [5.74, 6) is -1.86. The molecule has 1 saturated carbocycles. The Balaban J connectivity index is 2.03. The maximum absolute atomic E-state index is 15.0. The van der Waals surface area contributed by atoms with Gasteiger partial charge in [0.05, 0.1) is 36.0 Å². The number of hydrogen-bond acceptors (Lipinski definition) is 5. The Morgan fingerprint density at radius 2 is 1.87 bits per heavy atom. The van der Waals surface area contributed by atoms with Gasteiger partial charge in [0.1, 0.15) is 11.3 Å². The molecule has 0 saturated heterocycles. The van der Waals surface area contributed by atoms with E-state index in [9.17, 15) is 9.18 Å². The molecule has 1 aromatic heterocycles. The number of nitrogens with zero attached hydrogens (tertiary/aromatic N) is 2. The standard InChI is InChI=1S/C23H22F2N2O3/c1-4-30-23(28)19-21(13-5-6-13)26-17-12-11-16(24)20(25)18(17)22(19)27(2)14-7-9-15(29-3)10-8-14/h7-13H,4-6H2,1-3H3. The van der Waals surface area contributed by atoms with E-state index >= 15 is 4.39 Å². The van der Waals surface area contributed by atoms with Crippen molar-refractivity contribution in [2.75, 3.05) is 25.7 Å². The second kappa shape index (κ2) is 7.89. The van der Waals surface area contributed by atoms with Crippen LogP contribution in [0.25, 0.3) is 10.9 Å². The van der Waals surface area contributed by atoms with E-state index in [1.165, 1.54) is 6.07 Å². The summed E-state index contributed by atoms with van der Waals surface area (Å²) >= 11 is 0. The van der Waals surface area contributed by atoms with Crippen molar-refractivity contribution in [3.05, 3.63) is 59.3 Å². The highest BCUT2D eigenvalue weighted by atomic mass is 19.2. The Morgan fingerprint density at radius 3 is 2.47 bits per heavy atom. The van der Waals surface area contributed by atoms with E-state index in [4.69, 9.17) is 9.47 Å². The van der Waals surface area contributed by atoms with Crippen molar-refractivity contribution in [2.45, 2.75) is 25.7 Å². The number of ether oxygens (including phenoxy) is 2. The highest BCUT2D eigenvalue weighted by Crippen LogP contribution is 2.46. The van der Waals surface area contributed by atoms with Crippen molar-refractivity contribution >= 4 is 28.2 Å². The van der Waals surface area contributed by atoms with Crippen LogP contribution in [0.15, 0.2) is 36.4 Å². The fourth-order valence-corrected chi connectivity index (χ4v) is 3.62. The molecule has 0 atom stereocenters. The second-order valence-electron chi connectivity index (χ2n) is 7.23. The zero-order valence-electron chi connectivity index (χ0n) is 17.0. The summed E-state index contributed by atoms with van der Waals surface area (Å²) in [6.45, 7) is 1.87. The molecule has 0 amide bonds. The molecular formula is C23H22F2N2O3. The molecule has 0 aliphatic heterocycles. The number of aromatic nitrogens is 1. The third kappa shape index (κ3) is 3.44. The first-order chi connectivity index (χ1) is 14.5. The van der Waals surface area contributed by atoms with E-state index in [1.54, 1.807) is 50.2 Å². The molecule has 30 heavy (non-hydrogen) atoms. The van der Waals surface area contributed by atoms with Gasteiger partial charge in [0.2, 0.25) is 0 Å². The quantitative estimate of drug-likeness (QED) is 0.511. The van der Waals surface area contributed by atoms with Crippen molar-refractivity contribution in [1.29, 1.82) is 0 Å². The van der Waals surface area contributed by atoms with Gasteiger partial charge in [-0.15, -0.1) is 0 Å². The molecule has 5 nitrogen and oxygen atoms in total. The summed E-state index contributed by atoms with van der Waals surface area (Å²) < 4.78 is 39.7. The Hall–Kier alpha value is -3.22. The zero-order chi connectivity index (χ0) is 21.4. The van der Waals surface area contributed by atoms with E-state index in [1.807, 2.05) is 0 Å². The predicted octanol–water partition coefficient (Wildman–Crippen LogP) is 5.34. The first-order valence-electron chi connectivity index (χ1n) is 9.82. The number of benzene rings is 2. The van der Waals surface area contributed by atoms with E-state index in [2.05, 4.69) is 4.98 Å². The highest BCUT2D eigenvalue weighted by molar-refractivity contribution is 6.08. The zero-order valence-corrected chi connectivity index (χ0v) is 17.0. The minimum Gasteiger partial charge on any atom is -0.497 e. The number of esters is 1. The number of methoxy groups -OCH3 is 1. The van der Waals surface area contributed by atoms with Gasteiger partial charge >= 0.3 is 5.97 Å². The molecule has 0 radical (unpaired) electrons. The lowest BCUT2D eigenvalue weighted by molar-refractivity contribution is 0.0525. The molecule has 1 heterocycles. The first kappa shape index (κ1) is 20.1. The third-order valence-corrected chi connectivity index (χ3v) is 5.28. The maximum Gasteiger partial charge on any atom is 0.342 e. The van der Waals surface area contributed by atoms with E-state index in [0.717, 1.165) is 18.9 Å². The van der Waals surface area contributed by atoms with E-state index < -0.39 is 17.6 Å². The van der Waals surface area contributed by atoms with Gasteiger partial charge in [-0.2, -0.15) is 0 Å². The van der Waals surface area contributed by atoms with Gasteiger partial charge < -0.3 is 14.4 Å². The predicted molar refractivity (Wildman–Crippen MR) is 111 cm³/mol. The molecule has 0 bridgehead atoms. The van der Waals surface area contributed by atoms with E-state index in [0.29, 0.717) is 22.6 Å². The molecule has 2 aromatic carbocycles. The third-order valence-electron chi connectivity index (χ3n) is 5.28. The molecule has 0 N–H and O–H groups in total. The molecular weight excluding hydrogens is 390 g/mol. The van der Waals surface area contributed by atoms with Gasteiger partial charge in [-0.25, -0.2) is 13.6 Å². The lowest BCUT2D eigenvalue weighted by Crippen LogP contribution is -2.19. The van der Waals surface area contributed by atoms with Crippen LogP contribution < -0.4 is 9.64 Å². The van der Waals surface area contributed by atoms with Crippen LogP contribution in [0, 0.1) is 11.6 Å². The number of carbonyl (C=O) groups is 1. The molecule has 1 fully saturated rings. The van der Waals surface area contributed by atoms with Crippen molar-refractivity contribution < 1.29 is 23.0 Å².